The van der Waals surface area contributed by atoms with Crippen molar-refractivity contribution in [1.29, 1.82) is 0 Å². The van der Waals surface area contributed by atoms with Gasteiger partial charge in [0.05, 0.1) is 20.3 Å². The molecule has 0 N–H and O–H groups in total. The van der Waals surface area contributed by atoms with E-state index >= 15 is 0 Å². The molecule has 0 aromatic carbocycles. The van der Waals surface area contributed by atoms with Crippen LogP contribution in [-0.4, -0.2) is 37.9 Å². The molecule has 1 aromatic heterocycles. The monoisotopic (exact) mass is 476 g/mol. The SMILES string of the molecule is CCc1cc(C(CCC(=O)C2CCC(C)CC2)C2CCC3(CC2)OCCO3)c(C(=O)OC)s1. The highest BCUT2D eigenvalue weighted by Gasteiger charge is 2.43. The molecule has 4 rings (SSSR count). The van der Waals surface area contributed by atoms with E-state index in [0.717, 1.165) is 67.7 Å². The molecule has 2 heterocycles. The molecule has 3 aliphatic rings. The highest BCUT2D eigenvalue weighted by Crippen LogP contribution is 2.47. The van der Waals surface area contributed by atoms with Crippen molar-refractivity contribution >= 4 is 23.1 Å². The van der Waals surface area contributed by atoms with E-state index < -0.39 is 5.79 Å². The van der Waals surface area contributed by atoms with Gasteiger partial charge in [-0.25, -0.2) is 4.79 Å². The summed E-state index contributed by atoms with van der Waals surface area (Å²) in [5.41, 5.74) is 1.10. The molecular formula is C27H40O5S. The van der Waals surface area contributed by atoms with Crippen LogP contribution < -0.4 is 0 Å². The molecule has 1 aliphatic heterocycles. The van der Waals surface area contributed by atoms with Crippen molar-refractivity contribution in [3.05, 3.63) is 21.4 Å². The minimum absolute atomic E-state index is 0.195. The number of carbonyl (C=O) groups is 2. The minimum Gasteiger partial charge on any atom is -0.465 e. The van der Waals surface area contributed by atoms with Gasteiger partial charge < -0.3 is 14.2 Å². The molecular weight excluding hydrogens is 436 g/mol. The van der Waals surface area contributed by atoms with Crippen molar-refractivity contribution < 1.29 is 23.8 Å². The molecule has 3 fully saturated rings. The fraction of sp³-hybridized carbons (Fsp3) is 0.778. The molecule has 33 heavy (non-hydrogen) atoms. The van der Waals surface area contributed by atoms with Crippen LogP contribution in [0.2, 0.25) is 0 Å². The lowest BCUT2D eigenvalue weighted by Gasteiger charge is -2.39. The first kappa shape index (κ1) is 24.9. The van der Waals surface area contributed by atoms with Crippen LogP contribution in [-0.2, 0) is 25.4 Å². The van der Waals surface area contributed by atoms with Crippen LogP contribution in [0.1, 0.15) is 104 Å². The number of aryl methyl sites for hydroxylation is 1. The summed E-state index contributed by atoms with van der Waals surface area (Å²) in [6, 6.07) is 2.21. The van der Waals surface area contributed by atoms with Crippen molar-refractivity contribution in [2.45, 2.75) is 96.2 Å². The summed E-state index contributed by atoms with van der Waals surface area (Å²) in [6.45, 7) is 5.78. The molecule has 2 aliphatic carbocycles. The largest absolute Gasteiger partial charge is 0.465 e. The molecule has 0 radical (unpaired) electrons. The van der Waals surface area contributed by atoms with Crippen molar-refractivity contribution in [2.75, 3.05) is 20.3 Å². The van der Waals surface area contributed by atoms with Gasteiger partial charge in [-0.15, -0.1) is 11.3 Å². The molecule has 184 valence electrons. The van der Waals surface area contributed by atoms with Gasteiger partial charge in [0.15, 0.2) is 5.79 Å². The van der Waals surface area contributed by atoms with E-state index in [0.29, 0.717) is 31.3 Å². The maximum Gasteiger partial charge on any atom is 0.348 e. The zero-order valence-corrected chi connectivity index (χ0v) is 21.3. The van der Waals surface area contributed by atoms with Crippen LogP contribution in [0.3, 0.4) is 0 Å². The molecule has 0 bridgehead atoms. The Labute approximate surface area is 202 Å². The second kappa shape index (κ2) is 11.0. The normalized spacial score (nSPS) is 26.4. The lowest BCUT2D eigenvalue weighted by molar-refractivity contribution is -0.183. The second-order valence-electron chi connectivity index (χ2n) is 10.4. The van der Waals surface area contributed by atoms with E-state index in [1.54, 1.807) is 11.3 Å². The number of rotatable bonds is 8. The number of ketones is 1. The van der Waals surface area contributed by atoms with Crippen LogP contribution in [0.5, 0.6) is 0 Å². The summed E-state index contributed by atoms with van der Waals surface area (Å²) in [6.07, 6.45) is 10.5. The summed E-state index contributed by atoms with van der Waals surface area (Å²) < 4.78 is 17.1. The Morgan fingerprint density at radius 2 is 1.79 bits per heavy atom. The van der Waals surface area contributed by atoms with Crippen LogP contribution in [0.4, 0.5) is 0 Å². The smallest absolute Gasteiger partial charge is 0.348 e. The van der Waals surface area contributed by atoms with Crippen molar-refractivity contribution in [3.8, 4) is 0 Å². The van der Waals surface area contributed by atoms with Crippen LogP contribution in [0, 0.1) is 17.8 Å². The summed E-state index contributed by atoms with van der Waals surface area (Å²) >= 11 is 1.56. The molecule has 1 spiro atoms. The molecule has 5 nitrogen and oxygen atoms in total. The maximum absolute atomic E-state index is 13.1. The number of hydrogen-bond donors (Lipinski definition) is 0. The van der Waals surface area contributed by atoms with Crippen LogP contribution in [0.15, 0.2) is 6.07 Å². The Hall–Kier alpha value is -1.24. The predicted molar refractivity (Wildman–Crippen MR) is 130 cm³/mol. The Bertz CT molecular complexity index is 806. The zero-order chi connectivity index (χ0) is 23.4. The number of ether oxygens (including phenoxy) is 3. The first-order valence-electron chi connectivity index (χ1n) is 13.0. The van der Waals surface area contributed by atoms with Crippen molar-refractivity contribution in [3.63, 3.8) is 0 Å². The van der Waals surface area contributed by atoms with Gasteiger partial charge in [-0.05, 0) is 67.9 Å². The fourth-order valence-electron chi connectivity index (χ4n) is 6.16. The number of carbonyl (C=O) groups excluding carboxylic acids is 2. The molecule has 6 heteroatoms. The predicted octanol–water partition coefficient (Wildman–Crippen LogP) is 6.29. The third-order valence-corrected chi connectivity index (χ3v) is 9.55. The average Bonchev–Trinajstić information content (AvgIpc) is 3.47. The third-order valence-electron chi connectivity index (χ3n) is 8.28. The van der Waals surface area contributed by atoms with E-state index in [1.807, 2.05) is 0 Å². The Morgan fingerprint density at radius 3 is 2.39 bits per heavy atom. The van der Waals surface area contributed by atoms with Crippen molar-refractivity contribution in [1.82, 2.24) is 0 Å². The van der Waals surface area contributed by atoms with Crippen LogP contribution >= 0.6 is 11.3 Å². The molecule has 1 aromatic rings. The number of esters is 1. The molecule has 2 saturated carbocycles. The second-order valence-corrected chi connectivity index (χ2v) is 11.5. The molecule has 1 unspecified atom stereocenters. The van der Waals surface area contributed by atoms with Gasteiger partial charge in [0.25, 0.3) is 0 Å². The first-order valence-corrected chi connectivity index (χ1v) is 13.8. The van der Waals surface area contributed by atoms with E-state index in [9.17, 15) is 9.59 Å². The van der Waals surface area contributed by atoms with Gasteiger partial charge in [0, 0.05) is 30.1 Å². The number of Topliss-reactive ketones (excluding diaryl/α,β-unsaturated/α-hetero) is 1. The quantitative estimate of drug-likeness (QED) is 0.413. The maximum atomic E-state index is 13.1. The summed E-state index contributed by atoms with van der Waals surface area (Å²) in [4.78, 5) is 27.7. The lowest BCUT2D eigenvalue weighted by atomic mass is 9.72. The lowest BCUT2D eigenvalue weighted by Crippen LogP contribution is -2.36. The summed E-state index contributed by atoms with van der Waals surface area (Å²) in [5, 5.41) is 0. The van der Waals surface area contributed by atoms with E-state index in [1.165, 1.54) is 24.8 Å². The Kier molecular flexibility index (Phi) is 8.29. The van der Waals surface area contributed by atoms with Crippen molar-refractivity contribution in [2.24, 2.45) is 17.8 Å². The Morgan fingerprint density at radius 1 is 1.12 bits per heavy atom. The zero-order valence-electron chi connectivity index (χ0n) is 20.5. The fourth-order valence-corrected chi connectivity index (χ4v) is 7.24. The first-order chi connectivity index (χ1) is 15.9. The van der Waals surface area contributed by atoms with Gasteiger partial charge in [0.1, 0.15) is 10.7 Å². The summed E-state index contributed by atoms with van der Waals surface area (Å²) in [7, 11) is 1.46. The van der Waals surface area contributed by atoms with E-state index in [4.69, 9.17) is 14.2 Å². The number of methoxy groups -OCH3 is 1. The van der Waals surface area contributed by atoms with E-state index in [-0.39, 0.29) is 17.8 Å². The highest BCUT2D eigenvalue weighted by molar-refractivity contribution is 7.14. The average molecular weight is 477 g/mol. The highest BCUT2D eigenvalue weighted by atomic mass is 32.1. The van der Waals surface area contributed by atoms with E-state index in [2.05, 4.69) is 19.9 Å². The van der Waals surface area contributed by atoms with Gasteiger partial charge >= 0.3 is 5.97 Å². The van der Waals surface area contributed by atoms with Gasteiger partial charge in [-0.1, -0.05) is 26.7 Å². The number of hydrogen-bond acceptors (Lipinski definition) is 6. The van der Waals surface area contributed by atoms with Gasteiger partial charge in [-0.3, -0.25) is 4.79 Å². The topological polar surface area (TPSA) is 61.8 Å². The van der Waals surface area contributed by atoms with Crippen LogP contribution in [0.25, 0.3) is 0 Å². The minimum atomic E-state index is -0.399. The standard InChI is InChI=1S/C27H40O5S/c1-4-21-17-23(25(33-21)26(29)30-3)22(9-10-24(28)20-7-5-18(2)6-8-20)19-11-13-27(14-12-19)31-15-16-32-27/h17-20,22H,4-16H2,1-3H3. The van der Waals surface area contributed by atoms with Gasteiger partial charge in [-0.2, -0.15) is 0 Å². The molecule has 1 atom stereocenters. The third kappa shape index (κ3) is 5.71. The molecule has 0 amide bonds. The molecule has 1 saturated heterocycles. The Balaban J connectivity index is 1.52. The summed E-state index contributed by atoms with van der Waals surface area (Å²) in [5.74, 6) is 1.37. The van der Waals surface area contributed by atoms with Gasteiger partial charge in [0.2, 0.25) is 0 Å². The number of thiophene rings is 1.